The van der Waals surface area contributed by atoms with Crippen LogP contribution >= 0.6 is 0 Å². The van der Waals surface area contributed by atoms with Crippen LogP contribution < -0.4 is 9.47 Å². The largest absolute Gasteiger partial charge is 0.454 e. The molecule has 22 heavy (non-hydrogen) atoms. The van der Waals surface area contributed by atoms with Gasteiger partial charge < -0.3 is 14.6 Å². The summed E-state index contributed by atoms with van der Waals surface area (Å²) in [5.74, 6) is 0.720. The molecule has 0 aromatic heterocycles. The normalized spacial score (nSPS) is 21.1. The van der Waals surface area contributed by atoms with Gasteiger partial charge in [0.05, 0.1) is 0 Å². The van der Waals surface area contributed by atoms with Crippen molar-refractivity contribution in [3.8, 4) is 11.5 Å². The number of ether oxygens (including phenoxy) is 2. The molecule has 2 heterocycles. The number of benzene rings is 1. The number of aliphatic hydroxyl groups is 1. The second kappa shape index (κ2) is 5.96. The van der Waals surface area contributed by atoms with E-state index in [1.54, 1.807) is 0 Å². The summed E-state index contributed by atoms with van der Waals surface area (Å²) in [6.45, 7) is 1.87. The van der Waals surface area contributed by atoms with E-state index in [4.69, 9.17) is 9.47 Å². The van der Waals surface area contributed by atoms with E-state index < -0.39 is 18.2 Å². The molecule has 0 bridgehead atoms. The number of piperidine rings is 1. The van der Waals surface area contributed by atoms with Crippen molar-refractivity contribution in [1.82, 2.24) is 4.90 Å². The molecule has 0 saturated carbocycles. The Morgan fingerprint density at radius 2 is 1.95 bits per heavy atom. The van der Waals surface area contributed by atoms with Crippen molar-refractivity contribution in [3.63, 3.8) is 0 Å². The van der Waals surface area contributed by atoms with Crippen LogP contribution in [-0.4, -0.2) is 42.2 Å². The van der Waals surface area contributed by atoms with E-state index in [0.29, 0.717) is 38.2 Å². The fourth-order valence-electron chi connectivity index (χ4n) is 3.05. The zero-order chi connectivity index (χ0) is 15.7. The maximum Gasteiger partial charge on any atom is 0.414 e. The van der Waals surface area contributed by atoms with Gasteiger partial charge in [0.1, 0.15) is 0 Å². The predicted molar refractivity (Wildman–Crippen MR) is 72.6 cm³/mol. The maximum absolute atomic E-state index is 12.5. The van der Waals surface area contributed by atoms with Crippen molar-refractivity contribution < 1.29 is 27.8 Å². The van der Waals surface area contributed by atoms with E-state index in [1.807, 2.05) is 18.2 Å². The van der Waals surface area contributed by atoms with Crippen LogP contribution in [0.15, 0.2) is 18.2 Å². The molecule has 0 radical (unpaired) electrons. The molecule has 3 rings (SSSR count). The highest BCUT2D eigenvalue weighted by molar-refractivity contribution is 5.48. The fraction of sp³-hybridized carbons (Fsp3) is 0.600. The Balaban J connectivity index is 1.58. The molecule has 1 unspecified atom stereocenters. The molecule has 1 atom stereocenters. The fourth-order valence-corrected chi connectivity index (χ4v) is 3.05. The summed E-state index contributed by atoms with van der Waals surface area (Å²) in [4.78, 5) is 2.08. The van der Waals surface area contributed by atoms with Gasteiger partial charge in [0.15, 0.2) is 17.6 Å². The zero-order valence-electron chi connectivity index (χ0n) is 12.0. The summed E-state index contributed by atoms with van der Waals surface area (Å²) >= 11 is 0. The minimum atomic E-state index is -4.53. The molecule has 1 aromatic carbocycles. The Morgan fingerprint density at radius 3 is 2.64 bits per heavy atom. The molecule has 1 saturated heterocycles. The number of halogens is 3. The SMILES string of the molecule is OC(C1CCN(Cc2cccc3c2OCO3)CC1)C(F)(F)F. The number of rotatable bonds is 3. The van der Waals surface area contributed by atoms with Crippen LogP contribution in [0, 0.1) is 5.92 Å². The molecule has 0 aliphatic carbocycles. The van der Waals surface area contributed by atoms with Crippen molar-refractivity contribution in [1.29, 1.82) is 0 Å². The van der Waals surface area contributed by atoms with E-state index in [2.05, 4.69) is 4.90 Å². The molecule has 4 nitrogen and oxygen atoms in total. The number of alkyl halides is 3. The number of hydrogen-bond acceptors (Lipinski definition) is 4. The minimum Gasteiger partial charge on any atom is -0.454 e. The van der Waals surface area contributed by atoms with E-state index in [-0.39, 0.29) is 6.79 Å². The lowest BCUT2D eigenvalue weighted by molar-refractivity contribution is -0.223. The summed E-state index contributed by atoms with van der Waals surface area (Å²) in [6.07, 6.45) is -6.06. The standard InChI is InChI=1S/C15H18F3NO3/c16-15(17,18)14(20)10-4-6-19(7-5-10)8-11-2-1-3-12-13(11)22-9-21-12/h1-3,10,14,20H,4-9H2. The molecular weight excluding hydrogens is 299 g/mol. The lowest BCUT2D eigenvalue weighted by Crippen LogP contribution is -2.43. The molecule has 1 fully saturated rings. The van der Waals surface area contributed by atoms with Gasteiger partial charge in [0.2, 0.25) is 6.79 Å². The first kappa shape index (κ1) is 15.4. The third-order valence-electron chi connectivity index (χ3n) is 4.29. The molecule has 2 aliphatic heterocycles. The van der Waals surface area contributed by atoms with E-state index in [9.17, 15) is 18.3 Å². The lowest BCUT2D eigenvalue weighted by atomic mass is 9.90. The molecule has 122 valence electrons. The van der Waals surface area contributed by atoms with Gasteiger partial charge in [-0.15, -0.1) is 0 Å². The lowest BCUT2D eigenvalue weighted by Gasteiger charge is -2.34. The van der Waals surface area contributed by atoms with Crippen LogP contribution in [-0.2, 0) is 6.54 Å². The smallest absolute Gasteiger partial charge is 0.414 e. The van der Waals surface area contributed by atoms with Crippen molar-refractivity contribution in [2.45, 2.75) is 31.7 Å². The third-order valence-corrected chi connectivity index (χ3v) is 4.29. The van der Waals surface area contributed by atoms with Crippen molar-refractivity contribution >= 4 is 0 Å². The maximum atomic E-state index is 12.5. The Bertz CT molecular complexity index is 527. The number of likely N-dealkylation sites (tertiary alicyclic amines) is 1. The molecule has 0 spiro atoms. The number of para-hydroxylation sites is 1. The molecular formula is C15H18F3NO3. The van der Waals surface area contributed by atoms with Gasteiger partial charge in [-0.2, -0.15) is 13.2 Å². The first-order chi connectivity index (χ1) is 10.4. The highest BCUT2D eigenvalue weighted by Gasteiger charge is 2.44. The Kier molecular flexibility index (Phi) is 4.18. The number of hydrogen-bond donors (Lipinski definition) is 1. The first-order valence-electron chi connectivity index (χ1n) is 7.30. The Morgan fingerprint density at radius 1 is 1.23 bits per heavy atom. The van der Waals surface area contributed by atoms with E-state index in [0.717, 1.165) is 11.3 Å². The summed E-state index contributed by atoms with van der Waals surface area (Å²) in [5, 5.41) is 9.33. The van der Waals surface area contributed by atoms with Gasteiger partial charge in [-0.25, -0.2) is 0 Å². The average Bonchev–Trinajstić information content (AvgIpc) is 2.96. The zero-order valence-corrected chi connectivity index (χ0v) is 12.0. The number of fused-ring (bicyclic) bond motifs is 1. The van der Waals surface area contributed by atoms with Gasteiger partial charge >= 0.3 is 6.18 Å². The summed E-state index contributed by atoms with van der Waals surface area (Å²) in [5.41, 5.74) is 0.977. The Labute approximate surface area is 126 Å². The summed E-state index contributed by atoms with van der Waals surface area (Å²) in [6, 6.07) is 5.64. The molecule has 1 N–H and O–H groups in total. The van der Waals surface area contributed by atoms with Crippen molar-refractivity contribution in [3.05, 3.63) is 23.8 Å². The number of nitrogens with zero attached hydrogens (tertiary/aromatic N) is 1. The van der Waals surface area contributed by atoms with Gasteiger partial charge in [-0.05, 0) is 37.9 Å². The average molecular weight is 317 g/mol. The van der Waals surface area contributed by atoms with E-state index in [1.165, 1.54) is 0 Å². The Hall–Kier alpha value is -1.47. The quantitative estimate of drug-likeness (QED) is 0.930. The van der Waals surface area contributed by atoms with Crippen LogP contribution in [0.5, 0.6) is 11.5 Å². The van der Waals surface area contributed by atoms with Crippen LogP contribution in [0.2, 0.25) is 0 Å². The minimum absolute atomic E-state index is 0.201. The van der Waals surface area contributed by atoms with Gasteiger partial charge in [-0.3, -0.25) is 4.90 Å². The topological polar surface area (TPSA) is 41.9 Å². The molecule has 2 aliphatic rings. The summed E-state index contributed by atoms with van der Waals surface area (Å²) in [7, 11) is 0. The van der Waals surface area contributed by atoms with Crippen LogP contribution in [0.1, 0.15) is 18.4 Å². The van der Waals surface area contributed by atoms with Crippen LogP contribution in [0.25, 0.3) is 0 Å². The van der Waals surface area contributed by atoms with E-state index >= 15 is 0 Å². The monoisotopic (exact) mass is 317 g/mol. The second-order valence-corrected chi connectivity index (χ2v) is 5.75. The van der Waals surface area contributed by atoms with Crippen LogP contribution in [0.4, 0.5) is 13.2 Å². The molecule has 7 heteroatoms. The van der Waals surface area contributed by atoms with Gasteiger partial charge in [0, 0.05) is 12.1 Å². The van der Waals surface area contributed by atoms with Gasteiger partial charge in [0.25, 0.3) is 0 Å². The summed E-state index contributed by atoms with van der Waals surface area (Å²) < 4.78 is 48.4. The highest BCUT2D eigenvalue weighted by Crippen LogP contribution is 2.37. The predicted octanol–water partition coefficient (Wildman–Crippen LogP) is 2.55. The molecule has 0 amide bonds. The third kappa shape index (κ3) is 3.15. The van der Waals surface area contributed by atoms with Crippen molar-refractivity contribution in [2.24, 2.45) is 5.92 Å². The number of aliphatic hydroxyl groups excluding tert-OH is 1. The second-order valence-electron chi connectivity index (χ2n) is 5.75. The van der Waals surface area contributed by atoms with Crippen LogP contribution in [0.3, 0.4) is 0 Å². The van der Waals surface area contributed by atoms with Crippen molar-refractivity contribution in [2.75, 3.05) is 19.9 Å². The molecule has 1 aromatic rings. The first-order valence-corrected chi connectivity index (χ1v) is 7.30. The highest BCUT2D eigenvalue weighted by atomic mass is 19.4. The van der Waals surface area contributed by atoms with Gasteiger partial charge in [-0.1, -0.05) is 12.1 Å².